The maximum Gasteiger partial charge on any atom is 0.416 e. The van der Waals surface area contributed by atoms with Gasteiger partial charge in [0.05, 0.1) is 11.8 Å². The normalized spacial score (nSPS) is 11.8. The molecule has 8 heteroatoms. The Morgan fingerprint density at radius 3 is 2.82 bits per heavy atom. The first-order valence-corrected chi connectivity index (χ1v) is 6.45. The standard InChI is InChI=1S/C14H13F3N4O/c1-2-11-7-12(22)20-13(19-11)21-18-8-9-4-3-5-10(6-9)14(15,16)17/h3-8H,2H2,1H3,(H2,19,20,21,22)/b18-8-. The average Bonchev–Trinajstić information content (AvgIpc) is 2.46. The quantitative estimate of drug-likeness (QED) is 0.674. The number of aromatic nitrogens is 2. The number of halogens is 3. The molecule has 22 heavy (non-hydrogen) atoms. The number of H-pyrrole nitrogens is 1. The lowest BCUT2D eigenvalue weighted by Gasteiger charge is -2.06. The van der Waals surface area contributed by atoms with Crippen LogP contribution in [0, 0.1) is 0 Å². The van der Waals surface area contributed by atoms with Crippen LogP contribution in [0.15, 0.2) is 40.2 Å². The highest BCUT2D eigenvalue weighted by Crippen LogP contribution is 2.29. The Labute approximate surface area is 123 Å². The molecule has 0 unspecified atom stereocenters. The molecule has 0 aliphatic rings. The number of anilines is 1. The van der Waals surface area contributed by atoms with E-state index in [4.69, 9.17) is 0 Å². The molecule has 1 aromatic carbocycles. The van der Waals surface area contributed by atoms with Crippen molar-refractivity contribution >= 4 is 12.2 Å². The van der Waals surface area contributed by atoms with E-state index in [1.165, 1.54) is 24.4 Å². The second-order valence-electron chi connectivity index (χ2n) is 4.43. The highest BCUT2D eigenvalue weighted by atomic mass is 19.4. The Bertz CT molecular complexity index is 737. The zero-order valence-electron chi connectivity index (χ0n) is 11.6. The van der Waals surface area contributed by atoms with Gasteiger partial charge in [0.2, 0.25) is 5.95 Å². The maximum atomic E-state index is 12.6. The summed E-state index contributed by atoms with van der Waals surface area (Å²) in [6, 6.07) is 6.10. The van der Waals surface area contributed by atoms with Gasteiger partial charge in [-0.05, 0) is 24.1 Å². The van der Waals surface area contributed by atoms with Crippen LogP contribution in [0.25, 0.3) is 0 Å². The van der Waals surface area contributed by atoms with Crippen molar-refractivity contribution in [1.29, 1.82) is 0 Å². The Morgan fingerprint density at radius 2 is 2.14 bits per heavy atom. The average molecular weight is 310 g/mol. The van der Waals surface area contributed by atoms with Gasteiger partial charge in [0.25, 0.3) is 5.56 Å². The topological polar surface area (TPSA) is 70.1 Å². The molecule has 2 aromatic rings. The molecule has 1 heterocycles. The number of hydrogen-bond acceptors (Lipinski definition) is 4. The first-order chi connectivity index (χ1) is 10.4. The fourth-order valence-electron chi connectivity index (χ4n) is 1.71. The number of aryl methyl sites for hydroxylation is 1. The van der Waals surface area contributed by atoms with E-state index in [1.54, 1.807) is 0 Å². The van der Waals surface area contributed by atoms with E-state index in [-0.39, 0.29) is 17.1 Å². The summed E-state index contributed by atoms with van der Waals surface area (Å²) < 4.78 is 37.7. The van der Waals surface area contributed by atoms with Crippen LogP contribution in [-0.4, -0.2) is 16.2 Å². The van der Waals surface area contributed by atoms with Crippen LogP contribution in [0.1, 0.15) is 23.7 Å². The van der Waals surface area contributed by atoms with Crippen LogP contribution in [0.3, 0.4) is 0 Å². The fourth-order valence-corrected chi connectivity index (χ4v) is 1.71. The summed E-state index contributed by atoms with van der Waals surface area (Å²) in [6.45, 7) is 1.84. The molecular weight excluding hydrogens is 297 g/mol. The number of rotatable bonds is 4. The molecule has 0 saturated heterocycles. The number of nitrogens with zero attached hydrogens (tertiary/aromatic N) is 2. The van der Waals surface area contributed by atoms with Crippen molar-refractivity contribution in [2.45, 2.75) is 19.5 Å². The second kappa shape index (κ2) is 6.42. The monoisotopic (exact) mass is 310 g/mol. The minimum absolute atomic E-state index is 0.132. The van der Waals surface area contributed by atoms with Crippen molar-refractivity contribution in [2.24, 2.45) is 5.10 Å². The SMILES string of the molecule is CCc1cc(=O)[nH]c(N/N=C\c2cccc(C(F)(F)F)c2)n1. The minimum Gasteiger partial charge on any atom is -0.291 e. The number of benzene rings is 1. The summed E-state index contributed by atoms with van der Waals surface area (Å²) in [4.78, 5) is 17.9. The summed E-state index contributed by atoms with van der Waals surface area (Å²) in [5, 5.41) is 3.78. The second-order valence-corrected chi connectivity index (χ2v) is 4.43. The number of nitrogens with one attached hydrogen (secondary N) is 2. The van der Waals surface area contributed by atoms with Gasteiger partial charge in [-0.25, -0.2) is 10.4 Å². The molecule has 0 aliphatic carbocycles. The van der Waals surface area contributed by atoms with Crippen molar-refractivity contribution in [3.63, 3.8) is 0 Å². The van der Waals surface area contributed by atoms with Gasteiger partial charge >= 0.3 is 6.18 Å². The summed E-state index contributed by atoms with van der Waals surface area (Å²) in [5.74, 6) is 0.132. The van der Waals surface area contributed by atoms with Crippen molar-refractivity contribution in [3.8, 4) is 0 Å². The van der Waals surface area contributed by atoms with E-state index < -0.39 is 11.7 Å². The summed E-state index contributed by atoms with van der Waals surface area (Å²) in [5.41, 5.74) is 2.26. The number of alkyl halides is 3. The van der Waals surface area contributed by atoms with Crippen molar-refractivity contribution < 1.29 is 13.2 Å². The molecule has 0 fully saturated rings. The summed E-state index contributed by atoms with van der Waals surface area (Å²) in [6.07, 6.45) is -2.61. The van der Waals surface area contributed by atoms with E-state index >= 15 is 0 Å². The van der Waals surface area contributed by atoms with Gasteiger partial charge in [0, 0.05) is 11.8 Å². The zero-order valence-corrected chi connectivity index (χ0v) is 11.6. The summed E-state index contributed by atoms with van der Waals surface area (Å²) in [7, 11) is 0. The van der Waals surface area contributed by atoms with E-state index in [0.717, 1.165) is 12.1 Å². The van der Waals surface area contributed by atoms with Crippen LogP contribution < -0.4 is 11.0 Å². The Kier molecular flexibility index (Phi) is 4.59. The molecule has 0 atom stereocenters. The van der Waals surface area contributed by atoms with E-state index in [1.807, 2.05) is 6.92 Å². The van der Waals surface area contributed by atoms with Gasteiger partial charge in [-0.1, -0.05) is 19.1 Å². The molecule has 0 aliphatic heterocycles. The van der Waals surface area contributed by atoms with Crippen molar-refractivity contribution in [3.05, 3.63) is 57.5 Å². The van der Waals surface area contributed by atoms with Crippen LogP contribution >= 0.6 is 0 Å². The Morgan fingerprint density at radius 1 is 1.36 bits per heavy atom. The highest BCUT2D eigenvalue weighted by Gasteiger charge is 2.30. The van der Waals surface area contributed by atoms with Crippen molar-refractivity contribution in [2.75, 3.05) is 5.43 Å². The first-order valence-electron chi connectivity index (χ1n) is 6.45. The highest BCUT2D eigenvalue weighted by molar-refractivity contribution is 5.80. The van der Waals surface area contributed by atoms with E-state index in [9.17, 15) is 18.0 Å². The molecule has 0 spiro atoms. The number of hydrogen-bond donors (Lipinski definition) is 2. The van der Waals surface area contributed by atoms with Gasteiger partial charge in [0.15, 0.2) is 0 Å². The predicted molar refractivity (Wildman–Crippen MR) is 76.9 cm³/mol. The molecular formula is C14H13F3N4O. The molecule has 0 bridgehead atoms. The smallest absolute Gasteiger partial charge is 0.291 e. The fraction of sp³-hybridized carbons (Fsp3) is 0.214. The first kappa shape index (κ1) is 15.7. The molecule has 0 amide bonds. The van der Waals surface area contributed by atoms with Gasteiger partial charge in [-0.2, -0.15) is 18.3 Å². The maximum absolute atomic E-state index is 12.6. The third-order valence-corrected chi connectivity index (χ3v) is 2.75. The Balaban J connectivity index is 2.13. The molecule has 0 radical (unpaired) electrons. The molecule has 5 nitrogen and oxygen atoms in total. The molecule has 2 rings (SSSR count). The third-order valence-electron chi connectivity index (χ3n) is 2.75. The van der Waals surface area contributed by atoms with Crippen LogP contribution in [0.4, 0.5) is 19.1 Å². The molecule has 0 saturated carbocycles. The molecule has 1 aromatic heterocycles. The third kappa shape index (κ3) is 4.18. The number of aromatic amines is 1. The van der Waals surface area contributed by atoms with Gasteiger partial charge in [-0.15, -0.1) is 0 Å². The number of hydrazone groups is 1. The van der Waals surface area contributed by atoms with Gasteiger partial charge in [-0.3, -0.25) is 9.78 Å². The van der Waals surface area contributed by atoms with Crippen molar-refractivity contribution in [1.82, 2.24) is 9.97 Å². The predicted octanol–water partition coefficient (Wildman–Crippen LogP) is 2.80. The van der Waals surface area contributed by atoms with Gasteiger partial charge < -0.3 is 0 Å². The minimum atomic E-state index is -4.40. The lowest BCUT2D eigenvalue weighted by atomic mass is 10.1. The Hall–Kier alpha value is -2.64. The zero-order chi connectivity index (χ0) is 16.2. The largest absolute Gasteiger partial charge is 0.416 e. The lowest BCUT2D eigenvalue weighted by Crippen LogP contribution is -2.11. The molecule has 2 N–H and O–H groups in total. The van der Waals surface area contributed by atoms with Crippen LogP contribution in [0.5, 0.6) is 0 Å². The summed E-state index contributed by atoms with van der Waals surface area (Å²) >= 11 is 0. The van der Waals surface area contributed by atoms with E-state index in [0.29, 0.717) is 12.1 Å². The lowest BCUT2D eigenvalue weighted by molar-refractivity contribution is -0.137. The van der Waals surface area contributed by atoms with Crippen LogP contribution in [-0.2, 0) is 12.6 Å². The van der Waals surface area contributed by atoms with Crippen LogP contribution in [0.2, 0.25) is 0 Å². The van der Waals surface area contributed by atoms with Gasteiger partial charge in [0.1, 0.15) is 0 Å². The molecule has 116 valence electrons. The van der Waals surface area contributed by atoms with E-state index in [2.05, 4.69) is 20.5 Å².